The van der Waals surface area contributed by atoms with E-state index in [4.69, 9.17) is 9.72 Å². The second-order valence-corrected chi connectivity index (χ2v) is 7.68. The van der Waals surface area contributed by atoms with Crippen LogP contribution in [0.5, 0.6) is 5.75 Å². The minimum Gasteiger partial charge on any atom is -0.497 e. The molecular weight excluding hydrogens is 376 g/mol. The van der Waals surface area contributed by atoms with Crippen molar-refractivity contribution in [2.45, 2.75) is 13.8 Å². The van der Waals surface area contributed by atoms with Crippen molar-refractivity contribution in [2.24, 2.45) is 0 Å². The summed E-state index contributed by atoms with van der Waals surface area (Å²) in [5, 5.41) is 0. The molecule has 7 nitrogen and oxygen atoms in total. The number of hydrogen-bond donors (Lipinski definition) is 0. The van der Waals surface area contributed by atoms with Gasteiger partial charge in [0.25, 0.3) is 0 Å². The molecule has 7 heteroatoms. The number of benzene rings is 1. The van der Waals surface area contributed by atoms with Crippen molar-refractivity contribution in [2.75, 3.05) is 64.4 Å². The smallest absolute Gasteiger partial charge is 0.180 e. The van der Waals surface area contributed by atoms with Gasteiger partial charge in [0.15, 0.2) is 11.5 Å². The summed E-state index contributed by atoms with van der Waals surface area (Å²) >= 11 is 0. The van der Waals surface area contributed by atoms with Gasteiger partial charge in [-0.1, -0.05) is 26.0 Å². The van der Waals surface area contributed by atoms with Crippen molar-refractivity contribution in [3.8, 4) is 17.0 Å². The molecule has 1 aliphatic heterocycles. The van der Waals surface area contributed by atoms with Gasteiger partial charge in [-0.3, -0.25) is 9.30 Å². The van der Waals surface area contributed by atoms with E-state index in [2.05, 4.69) is 44.0 Å². The van der Waals surface area contributed by atoms with Crippen LogP contribution in [0, 0.1) is 0 Å². The number of likely N-dealkylation sites (N-methyl/N-ethyl adjacent to an activating group) is 1. The summed E-state index contributed by atoms with van der Waals surface area (Å²) in [5.41, 5.74) is 2.99. The quantitative estimate of drug-likeness (QED) is 0.571. The molecule has 0 N–H and O–H groups in total. The van der Waals surface area contributed by atoms with Crippen LogP contribution < -0.4 is 9.64 Å². The van der Waals surface area contributed by atoms with E-state index in [-0.39, 0.29) is 0 Å². The van der Waals surface area contributed by atoms with E-state index in [1.54, 1.807) is 7.11 Å². The number of imidazole rings is 1. The zero-order valence-corrected chi connectivity index (χ0v) is 18.3. The van der Waals surface area contributed by atoms with Gasteiger partial charge in [-0.05, 0) is 25.2 Å². The fourth-order valence-electron chi connectivity index (χ4n) is 4.13. The van der Waals surface area contributed by atoms with Crippen molar-refractivity contribution >= 4 is 11.5 Å². The first-order valence-corrected chi connectivity index (χ1v) is 10.9. The Balaban J connectivity index is 1.49. The summed E-state index contributed by atoms with van der Waals surface area (Å²) in [5.74, 6) is 1.81. The highest BCUT2D eigenvalue weighted by Gasteiger charge is 2.21. The average Bonchev–Trinajstić information content (AvgIpc) is 3.30. The minimum atomic E-state index is 0.839. The lowest BCUT2D eigenvalue weighted by Gasteiger charge is -2.36. The first-order valence-electron chi connectivity index (χ1n) is 10.9. The zero-order chi connectivity index (χ0) is 20.9. The van der Waals surface area contributed by atoms with Crippen molar-refractivity contribution in [3.05, 3.63) is 42.9 Å². The minimum absolute atomic E-state index is 0.839. The van der Waals surface area contributed by atoms with E-state index < -0.39 is 0 Å². The summed E-state index contributed by atoms with van der Waals surface area (Å²) in [6.07, 6.45) is 5.81. The van der Waals surface area contributed by atoms with E-state index in [1.165, 1.54) is 0 Å². The lowest BCUT2D eigenvalue weighted by Crippen LogP contribution is -2.48. The molecule has 0 saturated carbocycles. The number of methoxy groups -OCH3 is 1. The SMILES string of the molecule is CCN(CC)CCN1CCN(c2ncc(-c3cccc(OC)c3)n3ccnc23)CC1. The summed E-state index contributed by atoms with van der Waals surface area (Å²) in [7, 11) is 1.69. The summed E-state index contributed by atoms with van der Waals surface area (Å²) in [6, 6.07) is 8.07. The molecular formula is C23H32N6O. The predicted octanol–water partition coefficient (Wildman–Crippen LogP) is 2.87. The van der Waals surface area contributed by atoms with Gasteiger partial charge in [0.1, 0.15) is 5.75 Å². The summed E-state index contributed by atoms with van der Waals surface area (Å²) in [4.78, 5) is 16.9. The fraction of sp³-hybridized carbons (Fsp3) is 0.478. The highest BCUT2D eigenvalue weighted by atomic mass is 16.5. The fourth-order valence-corrected chi connectivity index (χ4v) is 4.13. The molecule has 0 bridgehead atoms. The molecule has 1 aliphatic rings. The number of ether oxygens (including phenoxy) is 1. The van der Waals surface area contributed by atoms with Gasteiger partial charge in [0.2, 0.25) is 0 Å². The third-order valence-electron chi connectivity index (χ3n) is 6.07. The molecule has 1 aromatic carbocycles. The second-order valence-electron chi connectivity index (χ2n) is 7.68. The maximum absolute atomic E-state index is 5.39. The van der Waals surface area contributed by atoms with Gasteiger partial charge in [0.05, 0.1) is 19.0 Å². The lowest BCUT2D eigenvalue weighted by atomic mass is 10.1. The molecule has 30 heavy (non-hydrogen) atoms. The molecule has 0 atom stereocenters. The molecule has 0 radical (unpaired) electrons. The normalized spacial score (nSPS) is 15.3. The first-order chi connectivity index (χ1) is 14.7. The number of aromatic nitrogens is 3. The third-order valence-corrected chi connectivity index (χ3v) is 6.07. The van der Waals surface area contributed by atoms with Crippen LogP contribution in [0.15, 0.2) is 42.9 Å². The Morgan fingerprint density at radius 1 is 1.07 bits per heavy atom. The van der Waals surface area contributed by atoms with Crippen LogP contribution in [0.1, 0.15) is 13.8 Å². The molecule has 3 heterocycles. The topological polar surface area (TPSA) is 49.1 Å². The Morgan fingerprint density at radius 3 is 2.60 bits per heavy atom. The van der Waals surface area contributed by atoms with E-state index in [9.17, 15) is 0 Å². The molecule has 3 aromatic rings. The van der Waals surface area contributed by atoms with Crippen molar-refractivity contribution < 1.29 is 4.74 Å². The van der Waals surface area contributed by atoms with Gasteiger partial charge in [0, 0.05) is 57.2 Å². The monoisotopic (exact) mass is 408 g/mol. The molecule has 1 saturated heterocycles. The highest BCUT2D eigenvalue weighted by Crippen LogP contribution is 2.28. The Morgan fingerprint density at radius 2 is 1.87 bits per heavy atom. The predicted molar refractivity (Wildman–Crippen MR) is 121 cm³/mol. The van der Waals surface area contributed by atoms with Crippen LogP contribution in [0.3, 0.4) is 0 Å². The zero-order valence-electron chi connectivity index (χ0n) is 18.3. The molecule has 0 unspecified atom stereocenters. The molecule has 1 fully saturated rings. The van der Waals surface area contributed by atoms with E-state index in [0.29, 0.717) is 0 Å². The van der Waals surface area contributed by atoms with Crippen LogP contribution in [0.2, 0.25) is 0 Å². The molecule has 4 rings (SSSR count). The van der Waals surface area contributed by atoms with Crippen LogP contribution in [-0.2, 0) is 0 Å². The van der Waals surface area contributed by atoms with Gasteiger partial charge in [-0.15, -0.1) is 0 Å². The molecule has 0 amide bonds. The first kappa shape index (κ1) is 20.6. The van der Waals surface area contributed by atoms with Gasteiger partial charge < -0.3 is 14.5 Å². The maximum Gasteiger partial charge on any atom is 0.180 e. The summed E-state index contributed by atoms with van der Waals surface area (Å²) < 4.78 is 7.52. The Bertz CT molecular complexity index is 959. The third kappa shape index (κ3) is 4.27. The van der Waals surface area contributed by atoms with Gasteiger partial charge in [-0.25, -0.2) is 9.97 Å². The molecule has 160 valence electrons. The Kier molecular flexibility index (Phi) is 6.50. The standard InChI is InChI=1S/C23H32N6O/c1-4-26(5-2)11-12-27-13-15-28(16-14-27)22-23-24-9-10-29(23)21(18-25-22)19-7-6-8-20(17-19)30-3/h6-10,17-18H,4-5,11-16H2,1-3H3. The summed E-state index contributed by atoms with van der Waals surface area (Å²) in [6.45, 7) is 13.1. The molecule has 2 aromatic heterocycles. The molecule has 0 aliphatic carbocycles. The van der Waals surface area contributed by atoms with E-state index >= 15 is 0 Å². The van der Waals surface area contributed by atoms with Crippen LogP contribution in [-0.4, -0.2) is 83.6 Å². The van der Waals surface area contributed by atoms with Crippen molar-refractivity contribution in [1.82, 2.24) is 24.2 Å². The van der Waals surface area contributed by atoms with E-state index in [1.807, 2.05) is 36.8 Å². The molecule has 0 spiro atoms. The average molecular weight is 409 g/mol. The Hall–Kier alpha value is -2.64. The number of rotatable bonds is 8. The maximum atomic E-state index is 5.39. The lowest BCUT2D eigenvalue weighted by molar-refractivity contribution is 0.206. The van der Waals surface area contributed by atoms with Crippen LogP contribution in [0.25, 0.3) is 16.9 Å². The highest BCUT2D eigenvalue weighted by molar-refractivity contribution is 5.71. The van der Waals surface area contributed by atoms with Gasteiger partial charge >= 0.3 is 0 Å². The van der Waals surface area contributed by atoms with Gasteiger partial charge in [-0.2, -0.15) is 0 Å². The number of fused-ring (bicyclic) bond motifs is 1. The van der Waals surface area contributed by atoms with Crippen molar-refractivity contribution in [3.63, 3.8) is 0 Å². The second kappa shape index (κ2) is 9.45. The van der Waals surface area contributed by atoms with Crippen molar-refractivity contribution in [1.29, 1.82) is 0 Å². The van der Waals surface area contributed by atoms with E-state index in [0.717, 1.165) is 80.8 Å². The number of piperazine rings is 1. The number of anilines is 1. The van der Waals surface area contributed by atoms with Crippen LogP contribution in [0.4, 0.5) is 5.82 Å². The largest absolute Gasteiger partial charge is 0.497 e. The Labute approximate surface area is 178 Å². The number of hydrogen-bond acceptors (Lipinski definition) is 6. The van der Waals surface area contributed by atoms with Crippen LogP contribution >= 0.6 is 0 Å². The number of nitrogens with zero attached hydrogens (tertiary/aromatic N) is 6.